The van der Waals surface area contributed by atoms with Crippen LogP contribution in [0.15, 0.2) is 116 Å². The van der Waals surface area contributed by atoms with Gasteiger partial charge in [-0.3, -0.25) is 9.78 Å². The molecule has 0 aliphatic rings. The molecule has 1 amide bonds. The normalized spacial score (nSPS) is 12.0. The number of aromatic amines is 1. The predicted octanol–water partition coefficient (Wildman–Crippen LogP) is 8.51. The molecular formula is C35H27Cl2N7O. The molecule has 4 aromatic heterocycles. The summed E-state index contributed by atoms with van der Waals surface area (Å²) in [6, 6.07) is 28.8. The first kappa shape index (κ1) is 28.6. The van der Waals surface area contributed by atoms with Crippen LogP contribution in [-0.4, -0.2) is 35.2 Å². The number of hydrogen-bond acceptors (Lipinski definition) is 4. The van der Waals surface area contributed by atoms with E-state index in [2.05, 4.69) is 31.9 Å². The quantitative estimate of drug-likeness (QED) is 0.176. The van der Waals surface area contributed by atoms with Gasteiger partial charge in [0.15, 0.2) is 0 Å². The van der Waals surface area contributed by atoms with Crippen LogP contribution in [0.4, 0.5) is 5.82 Å². The second-order valence-electron chi connectivity index (χ2n) is 10.7. The summed E-state index contributed by atoms with van der Waals surface area (Å²) in [4.78, 5) is 26.6. The van der Waals surface area contributed by atoms with E-state index < -0.39 is 0 Å². The molecule has 7 aromatic rings. The van der Waals surface area contributed by atoms with Crippen molar-refractivity contribution >= 4 is 45.8 Å². The van der Waals surface area contributed by atoms with Crippen molar-refractivity contribution in [2.45, 2.75) is 19.5 Å². The van der Waals surface area contributed by atoms with Gasteiger partial charge in [-0.05, 0) is 54.4 Å². The Morgan fingerprint density at radius 1 is 0.911 bits per heavy atom. The second kappa shape index (κ2) is 12.1. The maximum Gasteiger partial charge on any atom is 0.273 e. The van der Waals surface area contributed by atoms with E-state index >= 15 is 0 Å². The molecule has 0 radical (unpaired) electrons. The fourth-order valence-corrected chi connectivity index (χ4v) is 5.90. The van der Waals surface area contributed by atoms with E-state index in [9.17, 15) is 4.79 Å². The lowest BCUT2D eigenvalue weighted by molar-refractivity contribution is 0.102. The molecule has 222 valence electrons. The van der Waals surface area contributed by atoms with Crippen molar-refractivity contribution in [3.63, 3.8) is 0 Å². The van der Waals surface area contributed by atoms with Crippen molar-refractivity contribution < 1.29 is 4.79 Å². The van der Waals surface area contributed by atoms with Crippen LogP contribution in [0.25, 0.3) is 33.4 Å². The summed E-state index contributed by atoms with van der Waals surface area (Å²) in [6.07, 6.45) is 6.96. The van der Waals surface area contributed by atoms with Gasteiger partial charge in [-0.25, -0.2) is 9.67 Å². The summed E-state index contributed by atoms with van der Waals surface area (Å²) in [6.45, 7) is 2.58. The van der Waals surface area contributed by atoms with Gasteiger partial charge in [0.05, 0.1) is 36.5 Å². The third kappa shape index (κ3) is 5.61. The third-order valence-electron chi connectivity index (χ3n) is 7.87. The van der Waals surface area contributed by atoms with Crippen LogP contribution in [0.3, 0.4) is 0 Å². The average Bonchev–Trinajstić information content (AvgIpc) is 3.78. The zero-order valence-electron chi connectivity index (χ0n) is 24.2. The van der Waals surface area contributed by atoms with Crippen LogP contribution in [0.5, 0.6) is 0 Å². The number of hydrogen-bond donors (Lipinski definition) is 2. The first-order valence-corrected chi connectivity index (χ1v) is 15.1. The first-order chi connectivity index (χ1) is 22.0. The zero-order valence-corrected chi connectivity index (χ0v) is 25.7. The van der Waals surface area contributed by atoms with Gasteiger partial charge >= 0.3 is 0 Å². The topological polar surface area (TPSA) is 93.4 Å². The molecule has 10 heteroatoms. The predicted molar refractivity (Wildman–Crippen MR) is 179 cm³/mol. The smallest absolute Gasteiger partial charge is 0.273 e. The Bertz CT molecular complexity index is 2120. The lowest BCUT2D eigenvalue weighted by atomic mass is 9.99. The highest BCUT2D eigenvalue weighted by Gasteiger charge is 2.28. The van der Waals surface area contributed by atoms with Gasteiger partial charge in [-0.2, -0.15) is 5.10 Å². The number of aromatic nitrogens is 6. The molecule has 2 N–H and O–H groups in total. The average molecular weight is 633 g/mol. The summed E-state index contributed by atoms with van der Waals surface area (Å²) in [5, 5.41) is 9.60. The standard InChI is InChI=1S/C35H27Cl2N7O/c1-22(24-7-9-26(36)10-8-24)43-21-39-32(25-5-3-2-4-6-25)34(43)31-28-12-11-27(37)19-29(28)41-33(31)35(45)42-30-15-18-40-44(30)20-23-13-16-38-17-14-23/h2-19,21-22,41H,20H2,1H3,(H,42,45). The molecule has 0 saturated heterocycles. The van der Waals surface area contributed by atoms with Crippen LogP contribution in [-0.2, 0) is 6.54 Å². The van der Waals surface area contributed by atoms with E-state index in [1.807, 2.05) is 91.3 Å². The lowest BCUT2D eigenvalue weighted by Gasteiger charge is -2.19. The van der Waals surface area contributed by atoms with Gasteiger partial charge in [-0.15, -0.1) is 0 Å². The van der Waals surface area contributed by atoms with E-state index in [1.165, 1.54) is 0 Å². The molecule has 45 heavy (non-hydrogen) atoms. The minimum absolute atomic E-state index is 0.128. The molecule has 0 spiro atoms. The maximum absolute atomic E-state index is 14.3. The van der Waals surface area contributed by atoms with Gasteiger partial charge in [0.25, 0.3) is 5.91 Å². The van der Waals surface area contributed by atoms with Crippen LogP contribution in [0.1, 0.15) is 34.6 Å². The Labute approximate surface area is 269 Å². The van der Waals surface area contributed by atoms with Crippen molar-refractivity contribution in [1.29, 1.82) is 0 Å². The number of nitrogens with zero attached hydrogens (tertiary/aromatic N) is 5. The molecule has 7 rings (SSSR count). The Hall–Kier alpha value is -5.18. The van der Waals surface area contributed by atoms with E-state index in [1.54, 1.807) is 29.3 Å². The molecule has 3 aromatic carbocycles. The van der Waals surface area contributed by atoms with Crippen molar-refractivity contribution in [2.75, 3.05) is 5.32 Å². The van der Waals surface area contributed by atoms with Crippen molar-refractivity contribution in [3.05, 3.63) is 143 Å². The number of carbonyl (C=O) groups is 1. The SMILES string of the molecule is CC(c1ccc(Cl)cc1)n1cnc(-c2ccccc2)c1-c1c(C(=O)Nc2ccnn2Cc2ccncc2)[nH]c2cc(Cl)ccc12. The number of amides is 1. The molecule has 8 nitrogen and oxygen atoms in total. The summed E-state index contributed by atoms with van der Waals surface area (Å²) in [7, 11) is 0. The van der Waals surface area contributed by atoms with Gasteiger partial charge in [0, 0.05) is 50.5 Å². The Morgan fingerprint density at radius 2 is 1.67 bits per heavy atom. The van der Waals surface area contributed by atoms with Crippen molar-refractivity contribution in [3.8, 4) is 22.5 Å². The largest absolute Gasteiger partial charge is 0.350 e. The molecule has 0 aliphatic carbocycles. The molecule has 4 heterocycles. The molecule has 0 fully saturated rings. The van der Waals surface area contributed by atoms with Gasteiger partial charge in [0.2, 0.25) is 0 Å². The van der Waals surface area contributed by atoms with E-state index in [4.69, 9.17) is 28.2 Å². The molecule has 0 bridgehead atoms. The summed E-state index contributed by atoms with van der Waals surface area (Å²) in [5.41, 5.74) is 6.38. The maximum atomic E-state index is 14.3. The zero-order chi connectivity index (χ0) is 30.9. The minimum atomic E-state index is -0.320. The number of carbonyl (C=O) groups excluding carboxylic acids is 1. The summed E-state index contributed by atoms with van der Waals surface area (Å²) in [5.74, 6) is 0.241. The van der Waals surface area contributed by atoms with Crippen LogP contribution >= 0.6 is 23.2 Å². The molecule has 0 aliphatic heterocycles. The number of H-pyrrole nitrogens is 1. The third-order valence-corrected chi connectivity index (χ3v) is 8.36. The van der Waals surface area contributed by atoms with Gasteiger partial charge < -0.3 is 14.9 Å². The molecule has 1 atom stereocenters. The first-order valence-electron chi connectivity index (χ1n) is 14.4. The number of rotatable bonds is 8. The highest BCUT2D eigenvalue weighted by molar-refractivity contribution is 6.31. The van der Waals surface area contributed by atoms with Crippen LogP contribution < -0.4 is 5.32 Å². The molecule has 1 unspecified atom stereocenters. The number of halogens is 2. The van der Waals surface area contributed by atoms with Crippen LogP contribution in [0, 0.1) is 0 Å². The van der Waals surface area contributed by atoms with E-state index in [-0.39, 0.29) is 11.9 Å². The summed E-state index contributed by atoms with van der Waals surface area (Å²) < 4.78 is 3.85. The minimum Gasteiger partial charge on any atom is -0.350 e. The van der Waals surface area contributed by atoms with Crippen LogP contribution in [0.2, 0.25) is 10.0 Å². The van der Waals surface area contributed by atoms with Gasteiger partial charge in [-0.1, -0.05) is 71.7 Å². The second-order valence-corrected chi connectivity index (χ2v) is 11.6. The number of benzene rings is 3. The van der Waals surface area contributed by atoms with Crippen molar-refractivity contribution in [2.24, 2.45) is 0 Å². The number of imidazole rings is 1. The Kier molecular flexibility index (Phi) is 7.67. The highest BCUT2D eigenvalue weighted by Crippen LogP contribution is 2.41. The number of nitrogens with one attached hydrogen (secondary N) is 2. The lowest BCUT2D eigenvalue weighted by Crippen LogP contribution is -2.18. The number of fused-ring (bicyclic) bond motifs is 1. The van der Waals surface area contributed by atoms with Gasteiger partial charge in [0.1, 0.15) is 11.5 Å². The fraction of sp³-hybridized carbons (Fsp3) is 0.0857. The monoisotopic (exact) mass is 631 g/mol. The van der Waals surface area contributed by atoms with E-state index in [0.29, 0.717) is 28.1 Å². The fourth-order valence-electron chi connectivity index (χ4n) is 5.60. The van der Waals surface area contributed by atoms with Crippen molar-refractivity contribution in [1.82, 2.24) is 29.3 Å². The number of anilines is 1. The Balaban J connectivity index is 1.38. The summed E-state index contributed by atoms with van der Waals surface area (Å²) >= 11 is 12.7. The van der Waals surface area contributed by atoms with E-state index in [0.717, 1.165) is 44.5 Å². The number of pyridine rings is 1. The molecule has 0 saturated carbocycles. The molecular weight excluding hydrogens is 605 g/mol. The highest BCUT2D eigenvalue weighted by atomic mass is 35.5. The Morgan fingerprint density at radius 3 is 2.44 bits per heavy atom.